The van der Waals surface area contributed by atoms with Gasteiger partial charge in [-0.05, 0) is 70.4 Å². The number of likely N-dealkylation sites (tertiary alicyclic amines) is 1. The second-order valence-electron chi connectivity index (χ2n) is 6.48. The molecule has 23 heavy (non-hydrogen) atoms. The normalized spacial score (nSPS) is 17.3. The van der Waals surface area contributed by atoms with Crippen LogP contribution >= 0.6 is 0 Å². The van der Waals surface area contributed by atoms with Gasteiger partial charge in [0.25, 0.3) is 5.91 Å². The van der Waals surface area contributed by atoms with Crippen LogP contribution < -0.4 is 10.1 Å². The van der Waals surface area contributed by atoms with E-state index >= 15 is 0 Å². The molecule has 1 atom stereocenters. The molecule has 0 saturated carbocycles. The van der Waals surface area contributed by atoms with Gasteiger partial charge in [-0.15, -0.1) is 0 Å². The second kappa shape index (κ2) is 9.56. The molecule has 1 aliphatic rings. The van der Waals surface area contributed by atoms with Gasteiger partial charge in [-0.2, -0.15) is 0 Å². The molecular weight excluding hydrogens is 288 g/mol. The van der Waals surface area contributed by atoms with Crippen molar-refractivity contribution in [3.8, 4) is 5.75 Å². The Kier molecular flexibility index (Phi) is 7.40. The predicted octanol–water partition coefficient (Wildman–Crippen LogP) is 3.14. The highest BCUT2D eigenvalue weighted by Gasteiger charge is 2.14. The van der Waals surface area contributed by atoms with E-state index in [2.05, 4.69) is 10.2 Å². The number of nitrogens with one attached hydrogen (secondary N) is 1. The maximum atomic E-state index is 12.1. The Morgan fingerprint density at radius 3 is 2.70 bits per heavy atom. The Balaban J connectivity index is 1.63. The molecule has 4 nitrogen and oxygen atoms in total. The van der Waals surface area contributed by atoms with Crippen LogP contribution in [0.5, 0.6) is 5.75 Å². The fourth-order valence-corrected chi connectivity index (χ4v) is 2.96. The monoisotopic (exact) mass is 318 g/mol. The van der Waals surface area contributed by atoms with E-state index in [4.69, 9.17) is 4.74 Å². The average Bonchev–Trinajstić information content (AvgIpc) is 2.80. The first-order chi connectivity index (χ1) is 11.1. The number of rotatable bonds is 7. The molecule has 0 radical (unpaired) electrons. The molecule has 0 bridgehead atoms. The van der Waals surface area contributed by atoms with Gasteiger partial charge in [0.1, 0.15) is 5.75 Å². The molecule has 1 aromatic rings. The lowest BCUT2D eigenvalue weighted by Gasteiger charge is -2.20. The van der Waals surface area contributed by atoms with Crippen LogP contribution in [-0.4, -0.2) is 43.1 Å². The number of benzene rings is 1. The predicted molar refractivity (Wildman–Crippen MR) is 93.8 cm³/mol. The van der Waals surface area contributed by atoms with Gasteiger partial charge < -0.3 is 15.0 Å². The Morgan fingerprint density at radius 2 is 2.00 bits per heavy atom. The first-order valence-electron chi connectivity index (χ1n) is 8.88. The minimum atomic E-state index is -0.463. The molecule has 4 heteroatoms. The minimum Gasteiger partial charge on any atom is -0.481 e. The Bertz CT molecular complexity index is 482. The fraction of sp³-hybridized carbons (Fsp3) is 0.632. The number of carbonyl (C=O) groups is 1. The smallest absolute Gasteiger partial charge is 0.260 e. The highest BCUT2D eigenvalue weighted by atomic mass is 16.5. The number of aryl methyl sites for hydroxylation is 1. The molecule has 2 rings (SSSR count). The first-order valence-corrected chi connectivity index (χ1v) is 8.88. The Hall–Kier alpha value is -1.55. The molecule has 1 saturated heterocycles. The lowest BCUT2D eigenvalue weighted by atomic mass is 10.2. The highest BCUT2D eigenvalue weighted by molar-refractivity contribution is 5.80. The lowest BCUT2D eigenvalue weighted by molar-refractivity contribution is -0.127. The summed E-state index contributed by atoms with van der Waals surface area (Å²) in [7, 11) is 0. The van der Waals surface area contributed by atoms with Crippen LogP contribution in [0.4, 0.5) is 0 Å². The van der Waals surface area contributed by atoms with Gasteiger partial charge in [0.05, 0.1) is 0 Å². The summed E-state index contributed by atoms with van der Waals surface area (Å²) in [6, 6.07) is 7.79. The van der Waals surface area contributed by atoms with E-state index in [0.29, 0.717) is 0 Å². The van der Waals surface area contributed by atoms with Crippen LogP contribution in [0.3, 0.4) is 0 Å². The Labute approximate surface area is 140 Å². The van der Waals surface area contributed by atoms with Crippen molar-refractivity contribution in [2.45, 2.75) is 52.1 Å². The van der Waals surface area contributed by atoms with Crippen LogP contribution in [0.1, 0.15) is 44.6 Å². The average molecular weight is 318 g/mol. The minimum absolute atomic E-state index is 0.0395. The van der Waals surface area contributed by atoms with E-state index < -0.39 is 6.10 Å². The maximum absolute atomic E-state index is 12.1. The zero-order valence-corrected chi connectivity index (χ0v) is 14.5. The van der Waals surface area contributed by atoms with Gasteiger partial charge in [0.2, 0.25) is 0 Å². The van der Waals surface area contributed by atoms with Crippen LogP contribution in [0, 0.1) is 6.92 Å². The topological polar surface area (TPSA) is 41.6 Å². The molecule has 0 aromatic heterocycles. The van der Waals surface area contributed by atoms with Gasteiger partial charge in [-0.25, -0.2) is 0 Å². The van der Waals surface area contributed by atoms with Crippen molar-refractivity contribution < 1.29 is 9.53 Å². The molecule has 0 spiro atoms. The van der Waals surface area contributed by atoms with Crippen molar-refractivity contribution in [1.82, 2.24) is 10.2 Å². The molecule has 1 unspecified atom stereocenters. The van der Waals surface area contributed by atoms with Crippen molar-refractivity contribution in [1.29, 1.82) is 0 Å². The summed E-state index contributed by atoms with van der Waals surface area (Å²) in [6.45, 7) is 8.03. The summed E-state index contributed by atoms with van der Waals surface area (Å²) in [4.78, 5) is 14.6. The van der Waals surface area contributed by atoms with Gasteiger partial charge in [-0.1, -0.05) is 25.0 Å². The SMILES string of the molecule is Cc1cccc(OC(C)C(=O)NCCCN2CCCCCC2)c1. The quantitative estimate of drug-likeness (QED) is 0.785. The van der Waals surface area contributed by atoms with Crippen molar-refractivity contribution >= 4 is 5.91 Å². The lowest BCUT2D eigenvalue weighted by Crippen LogP contribution is -2.38. The number of ether oxygens (including phenoxy) is 1. The Morgan fingerprint density at radius 1 is 1.26 bits per heavy atom. The van der Waals surface area contributed by atoms with Gasteiger partial charge >= 0.3 is 0 Å². The number of hydrogen-bond acceptors (Lipinski definition) is 3. The largest absolute Gasteiger partial charge is 0.481 e. The van der Waals surface area contributed by atoms with Crippen LogP contribution in [0.25, 0.3) is 0 Å². The number of amides is 1. The molecule has 1 amide bonds. The third kappa shape index (κ3) is 6.61. The molecule has 1 heterocycles. The summed E-state index contributed by atoms with van der Waals surface area (Å²) >= 11 is 0. The number of hydrogen-bond donors (Lipinski definition) is 1. The van der Waals surface area contributed by atoms with Gasteiger partial charge in [-0.3, -0.25) is 4.79 Å². The summed E-state index contributed by atoms with van der Waals surface area (Å²) in [5.41, 5.74) is 1.13. The van der Waals surface area contributed by atoms with Crippen LogP contribution in [0.15, 0.2) is 24.3 Å². The van der Waals surface area contributed by atoms with Gasteiger partial charge in [0, 0.05) is 6.54 Å². The molecular formula is C19H30N2O2. The standard InChI is InChI=1S/C19H30N2O2/c1-16-9-7-10-18(15-16)23-17(2)19(22)20-11-8-14-21-12-5-3-4-6-13-21/h7,9-10,15,17H,3-6,8,11-14H2,1-2H3,(H,20,22). The van der Waals surface area contributed by atoms with Crippen molar-refractivity contribution in [2.75, 3.05) is 26.2 Å². The summed E-state index contributed by atoms with van der Waals surface area (Å²) in [6.07, 6.45) is 5.89. The molecule has 0 aliphatic carbocycles. The third-order valence-electron chi connectivity index (χ3n) is 4.32. The molecule has 1 fully saturated rings. The molecule has 1 N–H and O–H groups in total. The van der Waals surface area contributed by atoms with E-state index in [9.17, 15) is 4.79 Å². The second-order valence-corrected chi connectivity index (χ2v) is 6.48. The van der Waals surface area contributed by atoms with E-state index in [1.54, 1.807) is 6.92 Å². The zero-order chi connectivity index (χ0) is 16.5. The van der Waals surface area contributed by atoms with Crippen LogP contribution in [-0.2, 0) is 4.79 Å². The molecule has 1 aromatic carbocycles. The van der Waals surface area contributed by atoms with Crippen molar-refractivity contribution in [3.05, 3.63) is 29.8 Å². The number of carbonyl (C=O) groups excluding carboxylic acids is 1. The van der Waals surface area contributed by atoms with E-state index in [-0.39, 0.29) is 5.91 Å². The van der Waals surface area contributed by atoms with Crippen LogP contribution in [0.2, 0.25) is 0 Å². The summed E-state index contributed by atoms with van der Waals surface area (Å²) in [5, 5.41) is 2.98. The fourth-order valence-electron chi connectivity index (χ4n) is 2.96. The zero-order valence-electron chi connectivity index (χ0n) is 14.5. The third-order valence-corrected chi connectivity index (χ3v) is 4.32. The summed E-state index contributed by atoms with van der Waals surface area (Å²) < 4.78 is 5.70. The molecule has 128 valence electrons. The van der Waals surface area contributed by atoms with E-state index in [0.717, 1.165) is 30.8 Å². The van der Waals surface area contributed by atoms with E-state index in [1.165, 1.54) is 38.8 Å². The number of nitrogens with zero attached hydrogens (tertiary/aromatic N) is 1. The summed E-state index contributed by atoms with van der Waals surface area (Å²) in [5.74, 6) is 0.708. The van der Waals surface area contributed by atoms with Crippen molar-refractivity contribution in [3.63, 3.8) is 0 Å². The van der Waals surface area contributed by atoms with Gasteiger partial charge in [0.15, 0.2) is 6.10 Å². The van der Waals surface area contributed by atoms with Crippen molar-refractivity contribution in [2.24, 2.45) is 0 Å². The maximum Gasteiger partial charge on any atom is 0.260 e. The van der Waals surface area contributed by atoms with E-state index in [1.807, 2.05) is 31.2 Å². The molecule has 1 aliphatic heterocycles. The first kappa shape index (κ1) is 17.8. The highest BCUT2D eigenvalue weighted by Crippen LogP contribution is 2.14.